The highest BCUT2D eigenvalue weighted by Crippen LogP contribution is 2.32. The summed E-state index contributed by atoms with van der Waals surface area (Å²) in [6.07, 6.45) is -1.15. The van der Waals surface area contributed by atoms with Crippen LogP contribution in [0, 0.1) is 5.41 Å². The van der Waals surface area contributed by atoms with E-state index in [0.29, 0.717) is 0 Å². The molecule has 0 aliphatic carbocycles. The quantitative estimate of drug-likeness (QED) is 0.676. The number of nitrogens with one attached hydrogen (secondary N) is 1. The number of nitrogens with two attached hydrogens (primary N) is 1. The topological polar surface area (TPSA) is 114 Å². The van der Waals surface area contributed by atoms with Gasteiger partial charge in [-0.2, -0.15) is 0 Å². The summed E-state index contributed by atoms with van der Waals surface area (Å²) >= 11 is 0. The lowest BCUT2D eigenvalue weighted by Crippen LogP contribution is -2.35. The van der Waals surface area contributed by atoms with Crippen molar-refractivity contribution >= 4 is 12.1 Å². The van der Waals surface area contributed by atoms with Crippen molar-refractivity contribution in [1.29, 1.82) is 0 Å². The molecule has 15 heavy (non-hydrogen) atoms. The van der Waals surface area contributed by atoms with Gasteiger partial charge in [0.05, 0.1) is 0 Å². The zero-order chi connectivity index (χ0) is 11.6. The third-order valence-corrected chi connectivity index (χ3v) is 1.84. The van der Waals surface area contributed by atoms with Crippen LogP contribution in [0.25, 0.3) is 0 Å². The van der Waals surface area contributed by atoms with Crippen molar-refractivity contribution in [2.24, 2.45) is 5.41 Å². The molecule has 1 aromatic rings. The molecule has 84 valence electrons. The normalized spacial score (nSPS) is 13.5. The monoisotopic (exact) mass is 214 g/mol. The van der Waals surface area contributed by atoms with Crippen LogP contribution >= 0.6 is 0 Å². The second-order valence-corrected chi connectivity index (χ2v) is 4.23. The molecule has 0 saturated carbocycles. The van der Waals surface area contributed by atoms with E-state index >= 15 is 0 Å². The van der Waals surface area contributed by atoms with E-state index in [1.54, 1.807) is 0 Å². The van der Waals surface area contributed by atoms with Crippen molar-refractivity contribution in [3.8, 4) is 0 Å². The minimum Gasteiger partial charge on any atom is -0.465 e. The fourth-order valence-corrected chi connectivity index (χ4v) is 1.14. The standard InChI is InChI=1S/C8H14N4O3/c1-8(2,3)4(10-7(13)14)5-11-12-6(9)15-5/h4,10H,1-3H3,(H2,9,12)(H,13,14)/t4-/m1/s1. The van der Waals surface area contributed by atoms with E-state index in [9.17, 15) is 4.79 Å². The highest BCUT2D eigenvalue weighted by Gasteiger charge is 2.32. The van der Waals surface area contributed by atoms with E-state index in [1.165, 1.54) is 0 Å². The van der Waals surface area contributed by atoms with Crippen molar-refractivity contribution in [1.82, 2.24) is 15.5 Å². The largest absolute Gasteiger partial charge is 0.465 e. The van der Waals surface area contributed by atoms with Gasteiger partial charge in [-0.1, -0.05) is 25.9 Å². The fourth-order valence-electron chi connectivity index (χ4n) is 1.14. The summed E-state index contributed by atoms with van der Waals surface area (Å²) in [5, 5.41) is 18.2. The van der Waals surface area contributed by atoms with Crippen LogP contribution in [0.2, 0.25) is 0 Å². The van der Waals surface area contributed by atoms with Gasteiger partial charge >= 0.3 is 12.1 Å². The molecule has 1 aromatic heterocycles. The summed E-state index contributed by atoms with van der Waals surface area (Å²) in [5.41, 5.74) is 4.90. The number of nitrogens with zero attached hydrogens (tertiary/aromatic N) is 2. The SMILES string of the molecule is CC(C)(C)[C@H](NC(=O)O)c1nnc(N)o1. The van der Waals surface area contributed by atoms with E-state index in [0.717, 1.165) is 0 Å². The van der Waals surface area contributed by atoms with E-state index in [4.69, 9.17) is 15.3 Å². The minimum atomic E-state index is -1.15. The van der Waals surface area contributed by atoms with Crippen LogP contribution in [0.15, 0.2) is 4.42 Å². The van der Waals surface area contributed by atoms with Crippen LogP contribution in [0.3, 0.4) is 0 Å². The van der Waals surface area contributed by atoms with Gasteiger partial charge in [0.2, 0.25) is 5.89 Å². The van der Waals surface area contributed by atoms with Gasteiger partial charge in [-0.05, 0) is 5.41 Å². The van der Waals surface area contributed by atoms with Gasteiger partial charge in [0.1, 0.15) is 6.04 Å². The van der Waals surface area contributed by atoms with E-state index in [-0.39, 0.29) is 17.3 Å². The maximum absolute atomic E-state index is 10.6. The van der Waals surface area contributed by atoms with Crippen molar-refractivity contribution in [2.75, 3.05) is 5.73 Å². The third-order valence-electron chi connectivity index (χ3n) is 1.84. The summed E-state index contributed by atoms with van der Waals surface area (Å²) in [4.78, 5) is 10.6. The highest BCUT2D eigenvalue weighted by atomic mass is 16.4. The maximum atomic E-state index is 10.6. The molecule has 1 atom stereocenters. The Morgan fingerprint density at radius 1 is 1.53 bits per heavy atom. The molecular formula is C8H14N4O3. The zero-order valence-electron chi connectivity index (χ0n) is 8.81. The molecule has 0 fully saturated rings. The number of hydrogen-bond donors (Lipinski definition) is 3. The highest BCUT2D eigenvalue weighted by molar-refractivity contribution is 5.65. The summed E-state index contributed by atoms with van der Waals surface area (Å²) in [6, 6.07) is -0.661. The molecule has 0 saturated heterocycles. The first-order chi connectivity index (χ1) is 6.80. The Kier molecular flexibility index (Phi) is 2.83. The second kappa shape index (κ2) is 3.76. The Hall–Kier alpha value is -1.79. The zero-order valence-corrected chi connectivity index (χ0v) is 8.81. The first-order valence-corrected chi connectivity index (χ1v) is 4.39. The number of carboxylic acid groups (broad SMARTS) is 1. The van der Waals surface area contributed by atoms with E-state index in [2.05, 4.69) is 15.5 Å². The predicted octanol–water partition coefficient (Wildman–Crippen LogP) is 1.01. The number of rotatable bonds is 2. The Balaban J connectivity index is 2.96. The molecule has 1 amide bonds. The Morgan fingerprint density at radius 3 is 2.47 bits per heavy atom. The van der Waals surface area contributed by atoms with Gasteiger partial charge in [0, 0.05) is 0 Å². The molecule has 1 heterocycles. The van der Waals surface area contributed by atoms with E-state index < -0.39 is 12.1 Å². The lowest BCUT2D eigenvalue weighted by Gasteiger charge is -2.27. The first kappa shape index (κ1) is 11.3. The average Bonchev–Trinajstić information content (AvgIpc) is 2.45. The van der Waals surface area contributed by atoms with Gasteiger partial charge in [0.25, 0.3) is 0 Å². The van der Waals surface area contributed by atoms with Crippen LogP contribution in [0.4, 0.5) is 10.8 Å². The Bertz CT molecular complexity index is 355. The number of hydrogen-bond acceptors (Lipinski definition) is 5. The smallest absolute Gasteiger partial charge is 0.405 e. The van der Waals surface area contributed by atoms with Crippen molar-refractivity contribution in [2.45, 2.75) is 26.8 Å². The van der Waals surface area contributed by atoms with Crippen molar-refractivity contribution < 1.29 is 14.3 Å². The summed E-state index contributed by atoms with van der Waals surface area (Å²) < 4.78 is 5.00. The first-order valence-electron chi connectivity index (χ1n) is 4.39. The molecule has 0 spiro atoms. The third kappa shape index (κ3) is 2.83. The van der Waals surface area contributed by atoms with Gasteiger partial charge in [-0.25, -0.2) is 4.79 Å². The lowest BCUT2D eigenvalue weighted by molar-refractivity contribution is 0.166. The summed E-state index contributed by atoms with van der Waals surface area (Å²) in [7, 11) is 0. The number of amides is 1. The minimum absolute atomic E-state index is 0.0774. The Labute approximate surface area is 86.7 Å². The molecule has 0 aliphatic heterocycles. The molecule has 0 bridgehead atoms. The summed E-state index contributed by atoms with van der Waals surface area (Å²) in [5.74, 6) is 0.169. The molecule has 7 heteroatoms. The van der Waals surface area contributed by atoms with E-state index in [1.807, 2.05) is 20.8 Å². The van der Waals surface area contributed by atoms with Crippen LogP contribution in [-0.4, -0.2) is 21.4 Å². The number of aromatic nitrogens is 2. The number of nitrogen functional groups attached to an aromatic ring is 1. The van der Waals surface area contributed by atoms with Gasteiger partial charge in [-0.15, -0.1) is 5.10 Å². The number of carbonyl (C=O) groups is 1. The molecule has 4 N–H and O–H groups in total. The average molecular weight is 214 g/mol. The van der Waals surface area contributed by atoms with Gasteiger partial charge < -0.3 is 20.6 Å². The van der Waals surface area contributed by atoms with Crippen molar-refractivity contribution in [3.63, 3.8) is 0 Å². The molecule has 7 nitrogen and oxygen atoms in total. The van der Waals surface area contributed by atoms with Crippen molar-refractivity contribution in [3.05, 3.63) is 5.89 Å². The van der Waals surface area contributed by atoms with Gasteiger partial charge in [0.15, 0.2) is 0 Å². The van der Waals surface area contributed by atoms with Crippen LogP contribution in [0.5, 0.6) is 0 Å². The number of anilines is 1. The fraction of sp³-hybridized carbons (Fsp3) is 0.625. The summed E-state index contributed by atoms with van der Waals surface area (Å²) in [6.45, 7) is 5.57. The molecular weight excluding hydrogens is 200 g/mol. The lowest BCUT2D eigenvalue weighted by atomic mass is 9.87. The van der Waals surface area contributed by atoms with Gasteiger partial charge in [-0.3, -0.25) is 0 Å². The molecule has 0 radical (unpaired) electrons. The molecule has 0 aromatic carbocycles. The predicted molar refractivity (Wildman–Crippen MR) is 52.1 cm³/mol. The Morgan fingerprint density at radius 2 is 2.13 bits per heavy atom. The molecule has 1 rings (SSSR count). The molecule has 0 unspecified atom stereocenters. The van der Waals surface area contributed by atoms with Crippen LogP contribution < -0.4 is 11.1 Å². The maximum Gasteiger partial charge on any atom is 0.405 e. The van der Waals surface area contributed by atoms with Crippen LogP contribution in [-0.2, 0) is 0 Å². The van der Waals surface area contributed by atoms with Crippen LogP contribution in [0.1, 0.15) is 32.7 Å². The molecule has 0 aliphatic rings. The second-order valence-electron chi connectivity index (χ2n) is 4.23.